The number of hydrogen-bond donors (Lipinski definition) is 0. The summed E-state index contributed by atoms with van der Waals surface area (Å²) in [6.07, 6.45) is 5.48. The zero-order chi connectivity index (χ0) is 9.68. The van der Waals surface area contributed by atoms with Gasteiger partial charge in [0.2, 0.25) is 12.2 Å². The summed E-state index contributed by atoms with van der Waals surface area (Å²) in [5.74, 6) is 0. The van der Waals surface area contributed by atoms with E-state index in [1.807, 2.05) is 0 Å². The van der Waals surface area contributed by atoms with E-state index in [2.05, 4.69) is 16.6 Å². The molecule has 2 atom stereocenters. The van der Waals surface area contributed by atoms with Gasteiger partial charge in [-0.1, -0.05) is 6.58 Å². The van der Waals surface area contributed by atoms with E-state index in [9.17, 15) is 9.59 Å². The Morgan fingerprint density at radius 2 is 1.62 bits per heavy atom. The number of aliphatic imine (C=N–C) groups is 2. The predicted molar refractivity (Wildman–Crippen MR) is 46.8 cm³/mol. The summed E-state index contributed by atoms with van der Waals surface area (Å²) in [6, 6.07) is -0.429. The lowest BCUT2D eigenvalue weighted by Crippen LogP contribution is -2.24. The van der Waals surface area contributed by atoms with Gasteiger partial charge in [0.25, 0.3) is 0 Å². The van der Waals surface area contributed by atoms with E-state index >= 15 is 0 Å². The number of hydrogen-bond acceptors (Lipinski definition) is 4. The van der Waals surface area contributed by atoms with Gasteiger partial charge in [-0.2, -0.15) is 9.98 Å². The molecule has 0 aliphatic heterocycles. The lowest BCUT2D eigenvalue weighted by atomic mass is 9.87. The molecule has 0 radical (unpaired) electrons. The van der Waals surface area contributed by atoms with Crippen molar-refractivity contribution in [2.45, 2.75) is 31.3 Å². The van der Waals surface area contributed by atoms with Crippen LogP contribution in [0.25, 0.3) is 0 Å². The minimum Gasteiger partial charge on any atom is -0.211 e. The molecule has 4 heteroatoms. The zero-order valence-corrected chi connectivity index (χ0v) is 7.19. The van der Waals surface area contributed by atoms with Crippen LogP contribution in [0.2, 0.25) is 0 Å². The van der Waals surface area contributed by atoms with Crippen molar-refractivity contribution in [2.75, 3.05) is 0 Å². The van der Waals surface area contributed by atoms with Gasteiger partial charge in [-0.3, -0.25) is 0 Å². The smallest absolute Gasteiger partial charge is 0.211 e. The van der Waals surface area contributed by atoms with Crippen LogP contribution < -0.4 is 0 Å². The Kier molecular flexibility index (Phi) is 3.32. The largest absolute Gasteiger partial charge is 0.235 e. The van der Waals surface area contributed by atoms with Gasteiger partial charge in [0.1, 0.15) is 0 Å². The minimum atomic E-state index is -0.214. The van der Waals surface area contributed by atoms with Crippen molar-refractivity contribution in [1.29, 1.82) is 0 Å². The van der Waals surface area contributed by atoms with Crippen molar-refractivity contribution in [2.24, 2.45) is 9.98 Å². The molecule has 0 aromatic rings. The van der Waals surface area contributed by atoms with Crippen molar-refractivity contribution >= 4 is 12.2 Å². The molecule has 4 nitrogen and oxygen atoms in total. The fourth-order valence-corrected chi connectivity index (χ4v) is 1.52. The van der Waals surface area contributed by atoms with E-state index in [-0.39, 0.29) is 12.1 Å². The van der Waals surface area contributed by atoms with Gasteiger partial charge in [0.15, 0.2) is 0 Å². The van der Waals surface area contributed by atoms with Crippen molar-refractivity contribution in [3.8, 4) is 0 Å². The normalized spacial score (nSPS) is 27.2. The highest BCUT2D eigenvalue weighted by atomic mass is 16.1. The third-order valence-corrected chi connectivity index (χ3v) is 2.23. The van der Waals surface area contributed by atoms with Gasteiger partial charge in [0.05, 0.1) is 12.1 Å². The summed E-state index contributed by atoms with van der Waals surface area (Å²) in [5, 5.41) is 0. The van der Waals surface area contributed by atoms with Gasteiger partial charge in [-0.05, 0) is 24.8 Å². The Labute approximate surface area is 76.1 Å². The monoisotopic (exact) mass is 178 g/mol. The summed E-state index contributed by atoms with van der Waals surface area (Å²) in [4.78, 5) is 27.3. The Morgan fingerprint density at radius 1 is 1.15 bits per heavy atom. The molecule has 13 heavy (non-hydrogen) atoms. The van der Waals surface area contributed by atoms with Crippen LogP contribution in [0.4, 0.5) is 0 Å². The van der Waals surface area contributed by atoms with Crippen LogP contribution in [0.5, 0.6) is 0 Å². The molecule has 0 aromatic carbocycles. The third kappa shape index (κ3) is 2.22. The van der Waals surface area contributed by atoms with Crippen LogP contribution in [-0.4, -0.2) is 24.2 Å². The third-order valence-electron chi connectivity index (χ3n) is 2.23. The number of nitrogens with zero attached hydrogens (tertiary/aromatic N) is 2. The van der Waals surface area contributed by atoms with Crippen LogP contribution in [0, 0.1) is 0 Å². The first-order chi connectivity index (χ1) is 6.29. The average Bonchev–Trinajstić information content (AvgIpc) is 2.13. The topological polar surface area (TPSA) is 58.9 Å². The predicted octanol–water partition coefficient (Wildman–Crippen LogP) is 1.14. The van der Waals surface area contributed by atoms with E-state index in [0.717, 1.165) is 24.8 Å². The fourth-order valence-electron chi connectivity index (χ4n) is 1.52. The molecule has 0 aromatic heterocycles. The molecular formula is C9H10N2O2. The van der Waals surface area contributed by atoms with Crippen LogP contribution in [0.3, 0.4) is 0 Å². The van der Waals surface area contributed by atoms with E-state index < -0.39 is 0 Å². The molecule has 68 valence electrons. The highest BCUT2D eigenvalue weighted by Crippen LogP contribution is 2.27. The van der Waals surface area contributed by atoms with Crippen LogP contribution >= 0.6 is 0 Å². The maximum atomic E-state index is 10.0. The van der Waals surface area contributed by atoms with Crippen molar-refractivity contribution in [3.05, 3.63) is 12.2 Å². The van der Waals surface area contributed by atoms with Crippen LogP contribution in [-0.2, 0) is 9.59 Å². The molecular weight excluding hydrogens is 168 g/mol. The molecule has 0 bridgehead atoms. The zero-order valence-electron chi connectivity index (χ0n) is 7.19. The van der Waals surface area contributed by atoms with Gasteiger partial charge in [-0.15, -0.1) is 0 Å². The maximum absolute atomic E-state index is 10.0. The highest BCUT2D eigenvalue weighted by molar-refractivity contribution is 5.38. The molecule has 1 saturated carbocycles. The van der Waals surface area contributed by atoms with Crippen molar-refractivity contribution in [3.63, 3.8) is 0 Å². The molecule has 2 unspecified atom stereocenters. The first-order valence-corrected chi connectivity index (χ1v) is 4.12. The number of carbonyl (C=O) groups excluding carboxylic acids is 2. The molecule has 1 rings (SSSR count). The summed E-state index contributed by atoms with van der Waals surface area (Å²) < 4.78 is 0. The second-order valence-electron chi connectivity index (χ2n) is 2.98. The Balaban J connectivity index is 2.76. The molecule has 1 fully saturated rings. The number of rotatable bonds is 2. The summed E-state index contributed by atoms with van der Waals surface area (Å²) in [5.41, 5.74) is 0.720. The summed E-state index contributed by atoms with van der Waals surface area (Å²) in [7, 11) is 0. The van der Waals surface area contributed by atoms with Crippen LogP contribution in [0.1, 0.15) is 19.3 Å². The maximum Gasteiger partial charge on any atom is 0.235 e. The SMILES string of the molecule is C=C1C(N=C=O)CCCC1N=C=O. The quantitative estimate of drug-likeness (QED) is 0.361. The lowest BCUT2D eigenvalue weighted by Gasteiger charge is -2.24. The van der Waals surface area contributed by atoms with E-state index in [4.69, 9.17) is 0 Å². The van der Waals surface area contributed by atoms with Crippen molar-refractivity contribution in [1.82, 2.24) is 0 Å². The van der Waals surface area contributed by atoms with Crippen molar-refractivity contribution < 1.29 is 9.59 Å². The van der Waals surface area contributed by atoms with E-state index in [0.29, 0.717) is 0 Å². The Hall–Kier alpha value is -1.50. The second-order valence-corrected chi connectivity index (χ2v) is 2.98. The lowest BCUT2D eigenvalue weighted by molar-refractivity contribution is 0.482. The van der Waals surface area contributed by atoms with Gasteiger partial charge in [-0.25, -0.2) is 9.59 Å². The Bertz CT molecular complexity index is 271. The van der Waals surface area contributed by atoms with Crippen LogP contribution in [0.15, 0.2) is 22.1 Å². The molecule has 0 N–H and O–H groups in total. The molecule has 0 spiro atoms. The molecule has 1 aliphatic carbocycles. The summed E-state index contributed by atoms with van der Waals surface area (Å²) in [6.45, 7) is 3.77. The Morgan fingerprint density at radius 3 is 2.00 bits per heavy atom. The fraction of sp³-hybridized carbons (Fsp3) is 0.556. The molecule has 0 saturated heterocycles. The summed E-state index contributed by atoms with van der Waals surface area (Å²) >= 11 is 0. The first-order valence-electron chi connectivity index (χ1n) is 4.12. The van der Waals surface area contributed by atoms with Gasteiger partial charge in [0, 0.05) is 0 Å². The first kappa shape index (κ1) is 9.59. The standard InChI is InChI=1S/C9H10N2O2/c1-7-8(10-5-12)3-2-4-9(7)11-6-13/h8-9H,1-4H2. The average molecular weight is 178 g/mol. The second kappa shape index (κ2) is 4.51. The minimum absolute atomic E-state index is 0.214. The molecule has 0 heterocycles. The van der Waals surface area contributed by atoms with E-state index in [1.165, 1.54) is 12.2 Å². The highest BCUT2D eigenvalue weighted by Gasteiger charge is 2.25. The van der Waals surface area contributed by atoms with E-state index in [1.54, 1.807) is 0 Å². The molecule has 0 amide bonds. The van der Waals surface area contributed by atoms with Gasteiger partial charge >= 0.3 is 0 Å². The van der Waals surface area contributed by atoms with Gasteiger partial charge < -0.3 is 0 Å². The number of isocyanates is 2. The molecule has 1 aliphatic rings.